The fraction of sp³-hybridized carbons (Fsp3) is 0.667. The fourth-order valence-corrected chi connectivity index (χ4v) is 0.926. The van der Waals surface area contributed by atoms with Crippen molar-refractivity contribution in [3.05, 3.63) is 0 Å². The van der Waals surface area contributed by atoms with Crippen LogP contribution < -0.4 is 5.32 Å². The van der Waals surface area contributed by atoms with Gasteiger partial charge in [-0.1, -0.05) is 20.3 Å². The minimum atomic E-state index is -1.12. The van der Waals surface area contributed by atoms with Crippen molar-refractivity contribution in [1.29, 1.82) is 0 Å². The second kappa shape index (κ2) is 5.36. The highest BCUT2D eigenvalue weighted by atomic mass is 16.4. The molecule has 0 rings (SSSR count). The number of aliphatic carboxylic acids is 1. The van der Waals surface area contributed by atoms with E-state index in [2.05, 4.69) is 5.32 Å². The lowest BCUT2D eigenvalue weighted by Crippen LogP contribution is -2.47. The Labute approximate surface area is 82.5 Å². The van der Waals surface area contributed by atoms with Gasteiger partial charge in [-0.15, -0.1) is 0 Å². The molecular formula is C9H15NO4. The van der Waals surface area contributed by atoms with E-state index in [0.29, 0.717) is 6.42 Å². The van der Waals surface area contributed by atoms with Crippen molar-refractivity contribution in [3.63, 3.8) is 0 Å². The van der Waals surface area contributed by atoms with Crippen LogP contribution in [0.1, 0.15) is 27.2 Å². The molecule has 5 heteroatoms. The van der Waals surface area contributed by atoms with Gasteiger partial charge in [-0.25, -0.2) is 4.79 Å². The number of carbonyl (C=O) groups excluding carboxylic acids is 2. The maximum Gasteiger partial charge on any atom is 0.326 e. The largest absolute Gasteiger partial charge is 0.480 e. The molecule has 0 aliphatic rings. The highest BCUT2D eigenvalue weighted by molar-refractivity contribution is 6.35. The second-order valence-electron chi connectivity index (χ2n) is 3.23. The van der Waals surface area contributed by atoms with Crippen molar-refractivity contribution >= 4 is 17.7 Å². The quantitative estimate of drug-likeness (QED) is 0.622. The summed E-state index contributed by atoms with van der Waals surface area (Å²) in [4.78, 5) is 32.3. The highest BCUT2D eigenvalue weighted by Crippen LogP contribution is 2.07. The number of rotatable bonds is 5. The summed E-state index contributed by atoms with van der Waals surface area (Å²) in [5, 5.41) is 11.0. The number of Topliss-reactive ketones (excluding diaryl/α,β-unsaturated/α-hetero) is 1. The Morgan fingerprint density at radius 2 is 1.86 bits per heavy atom. The average Bonchev–Trinajstić information content (AvgIpc) is 2.11. The van der Waals surface area contributed by atoms with Gasteiger partial charge in [-0.2, -0.15) is 0 Å². The molecule has 2 unspecified atom stereocenters. The number of carboxylic acids is 1. The van der Waals surface area contributed by atoms with Crippen LogP contribution in [0.2, 0.25) is 0 Å². The minimum Gasteiger partial charge on any atom is -0.480 e. The van der Waals surface area contributed by atoms with Crippen molar-refractivity contribution < 1.29 is 19.5 Å². The van der Waals surface area contributed by atoms with E-state index in [-0.39, 0.29) is 5.92 Å². The van der Waals surface area contributed by atoms with Crippen LogP contribution in [0.5, 0.6) is 0 Å². The van der Waals surface area contributed by atoms with Gasteiger partial charge >= 0.3 is 5.97 Å². The van der Waals surface area contributed by atoms with Gasteiger partial charge in [-0.05, 0) is 5.92 Å². The number of ketones is 1. The van der Waals surface area contributed by atoms with E-state index < -0.39 is 23.7 Å². The molecule has 0 saturated heterocycles. The first kappa shape index (κ1) is 12.6. The smallest absolute Gasteiger partial charge is 0.326 e. The number of amides is 1. The van der Waals surface area contributed by atoms with E-state index >= 15 is 0 Å². The lowest BCUT2D eigenvalue weighted by molar-refractivity contribution is -0.145. The average molecular weight is 201 g/mol. The monoisotopic (exact) mass is 201 g/mol. The summed E-state index contributed by atoms with van der Waals surface area (Å²) in [5.41, 5.74) is 0. The lowest BCUT2D eigenvalue weighted by atomic mass is 9.99. The van der Waals surface area contributed by atoms with E-state index in [9.17, 15) is 14.4 Å². The maximum absolute atomic E-state index is 11.0. The molecule has 0 heterocycles. The van der Waals surface area contributed by atoms with Crippen LogP contribution >= 0.6 is 0 Å². The van der Waals surface area contributed by atoms with Crippen LogP contribution in [-0.2, 0) is 14.4 Å². The van der Waals surface area contributed by atoms with Gasteiger partial charge in [0.2, 0.25) is 5.78 Å². The SMILES string of the molecule is CCC(C)C(NC(=O)C(C)=O)C(=O)O. The summed E-state index contributed by atoms with van der Waals surface area (Å²) in [6.45, 7) is 4.63. The third-order valence-corrected chi connectivity index (χ3v) is 2.09. The van der Waals surface area contributed by atoms with Gasteiger partial charge in [0.05, 0.1) is 0 Å². The summed E-state index contributed by atoms with van der Waals surface area (Å²) in [7, 11) is 0. The van der Waals surface area contributed by atoms with Crippen molar-refractivity contribution in [2.45, 2.75) is 33.2 Å². The molecule has 0 aromatic heterocycles. The second-order valence-corrected chi connectivity index (χ2v) is 3.23. The number of carbonyl (C=O) groups is 3. The van der Waals surface area contributed by atoms with Crippen molar-refractivity contribution in [2.75, 3.05) is 0 Å². The summed E-state index contributed by atoms with van der Waals surface area (Å²) in [6.07, 6.45) is 0.620. The number of carboxylic acid groups (broad SMARTS) is 1. The summed E-state index contributed by atoms with van der Waals surface area (Å²) in [6, 6.07) is -0.989. The molecule has 0 saturated carbocycles. The predicted molar refractivity (Wildman–Crippen MR) is 49.7 cm³/mol. The third kappa shape index (κ3) is 3.55. The third-order valence-electron chi connectivity index (χ3n) is 2.09. The van der Waals surface area contributed by atoms with Crippen molar-refractivity contribution in [3.8, 4) is 0 Å². The van der Waals surface area contributed by atoms with Gasteiger partial charge < -0.3 is 10.4 Å². The van der Waals surface area contributed by atoms with Crippen molar-refractivity contribution in [1.82, 2.24) is 5.32 Å². The standard InChI is InChI=1S/C9H15NO4/c1-4-5(2)7(9(13)14)10-8(12)6(3)11/h5,7H,4H2,1-3H3,(H,10,12)(H,13,14). The first-order valence-corrected chi connectivity index (χ1v) is 4.44. The maximum atomic E-state index is 11.0. The molecule has 80 valence electrons. The predicted octanol–water partition coefficient (Wildman–Crippen LogP) is 0.191. The van der Waals surface area contributed by atoms with Gasteiger partial charge in [0, 0.05) is 6.92 Å². The first-order chi connectivity index (χ1) is 6.40. The zero-order valence-electron chi connectivity index (χ0n) is 8.53. The Kier molecular flexibility index (Phi) is 4.83. The van der Waals surface area contributed by atoms with Gasteiger partial charge in [0.15, 0.2) is 0 Å². The van der Waals surface area contributed by atoms with E-state index in [1.807, 2.05) is 6.92 Å². The molecule has 0 fully saturated rings. The van der Waals surface area contributed by atoms with Gasteiger partial charge in [-0.3, -0.25) is 9.59 Å². The molecule has 1 amide bonds. The highest BCUT2D eigenvalue weighted by Gasteiger charge is 2.26. The molecule has 0 aromatic carbocycles. The zero-order valence-corrected chi connectivity index (χ0v) is 8.53. The van der Waals surface area contributed by atoms with Gasteiger partial charge in [0.1, 0.15) is 6.04 Å². The van der Waals surface area contributed by atoms with Crippen LogP contribution in [0, 0.1) is 5.92 Å². The van der Waals surface area contributed by atoms with Crippen molar-refractivity contribution in [2.24, 2.45) is 5.92 Å². The molecule has 0 bridgehead atoms. The normalized spacial score (nSPS) is 14.2. The number of hydrogen-bond donors (Lipinski definition) is 2. The Bertz CT molecular complexity index is 249. The van der Waals surface area contributed by atoms with Crippen LogP contribution in [0.4, 0.5) is 0 Å². The Morgan fingerprint density at radius 1 is 1.36 bits per heavy atom. The van der Waals surface area contributed by atoms with Crippen LogP contribution in [0.15, 0.2) is 0 Å². The van der Waals surface area contributed by atoms with Crippen LogP contribution in [0.25, 0.3) is 0 Å². The van der Waals surface area contributed by atoms with E-state index in [1.54, 1.807) is 6.92 Å². The number of nitrogens with one attached hydrogen (secondary N) is 1. The fourth-order valence-electron chi connectivity index (χ4n) is 0.926. The van der Waals surface area contributed by atoms with Gasteiger partial charge in [0.25, 0.3) is 5.91 Å². The van der Waals surface area contributed by atoms with E-state index in [4.69, 9.17) is 5.11 Å². The molecule has 5 nitrogen and oxygen atoms in total. The molecule has 0 radical (unpaired) electrons. The summed E-state index contributed by atoms with van der Waals surface area (Å²) in [5.74, 6) is -2.85. The topological polar surface area (TPSA) is 83.5 Å². The van der Waals surface area contributed by atoms with Crippen LogP contribution in [-0.4, -0.2) is 28.8 Å². The molecular weight excluding hydrogens is 186 g/mol. The Hall–Kier alpha value is -1.39. The Morgan fingerprint density at radius 3 is 2.14 bits per heavy atom. The molecule has 14 heavy (non-hydrogen) atoms. The molecule has 0 aliphatic heterocycles. The molecule has 2 atom stereocenters. The first-order valence-electron chi connectivity index (χ1n) is 4.44. The number of hydrogen-bond acceptors (Lipinski definition) is 3. The zero-order chi connectivity index (χ0) is 11.3. The summed E-state index contributed by atoms with van der Waals surface area (Å²) >= 11 is 0. The Balaban J connectivity index is 4.46. The molecule has 2 N–H and O–H groups in total. The molecule has 0 spiro atoms. The van der Waals surface area contributed by atoms with Crippen LogP contribution in [0.3, 0.4) is 0 Å². The minimum absolute atomic E-state index is 0.198. The summed E-state index contributed by atoms with van der Waals surface area (Å²) < 4.78 is 0. The lowest BCUT2D eigenvalue weighted by Gasteiger charge is -2.19. The molecule has 0 aliphatic carbocycles. The molecule has 0 aromatic rings. The van der Waals surface area contributed by atoms with E-state index in [1.165, 1.54) is 0 Å². The van der Waals surface area contributed by atoms with E-state index in [0.717, 1.165) is 6.92 Å².